The zero-order chi connectivity index (χ0) is 27.9. The Morgan fingerprint density at radius 2 is 1.50 bits per heavy atom. The van der Waals surface area contributed by atoms with Gasteiger partial charge >= 0.3 is 0 Å². The third-order valence-electron chi connectivity index (χ3n) is 7.89. The molecule has 2 aliphatic rings. The monoisotopic (exact) mass is 543 g/mol. The van der Waals surface area contributed by atoms with Crippen LogP contribution in [0, 0.1) is 5.82 Å². The second-order valence-electron chi connectivity index (χ2n) is 10.6. The second-order valence-corrected chi connectivity index (χ2v) is 10.6. The lowest BCUT2D eigenvalue weighted by Gasteiger charge is -2.37. The van der Waals surface area contributed by atoms with E-state index in [1.807, 2.05) is 30.3 Å². The van der Waals surface area contributed by atoms with Gasteiger partial charge in [-0.3, -0.25) is 19.6 Å². The Kier molecular flexibility index (Phi) is 9.08. The molecule has 1 N–H and O–H groups in total. The van der Waals surface area contributed by atoms with Crippen LogP contribution in [0.1, 0.15) is 40.0 Å². The van der Waals surface area contributed by atoms with Gasteiger partial charge in [0.05, 0.1) is 7.11 Å². The molecule has 40 heavy (non-hydrogen) atoms. The zero-order valence-corrected chi connectivity index (χ0v) is 23.2. The third kappa shape index (κ3) is 7.25. The highest BCUT2D eigenvalue weighted by atomic mass is 19.1. The van der Waals surface area contributed by atoms with E-state index in [9.17, 15) is 9.18 Å². The quantitative estimate of drug-likeness (QED) is 0.432. The summed E-state index contributed by atoms with van der Waals surface area (Å²) >= 11 is 0. The van der Waals surface area contributed by atoms with Gasteiger partial charge in [-0.1, -0.05) is 30.8 Å². The number of rotatable bonds is 9. The van der Waals surface area contributed by atoms with Crippen molar-refractivity contribution in [2.45, 2.75) is 32.0 Å². The first kappa shape index (κ1) is 27.8. The molecule has 3 aromatic rings. The number of likely N-dealkylation sites (tertiary alicyclic amines) is 1. The third-order valence-corrected chi connectivity index (χ3v) is 7.89. The Morgan fingerprint density at radius 3 is 2.08 bits per heavy atom. The summed E-state index contributed by atoms with van der Waals surface area (Å²) < 4.78 is 18.4. The lowest BCUT2D eigenvalue weighted by Crippen LogP contribution is -2.45. The maximum atomic E-state index is 13.2. The number of hydrogen-bond acceptors (Lipinski definition) is 6. The van der Waals surface area contributed by atoms with Crippen LogP contribution in [-0.2, 0) is 13.1 Å². The summed E-state index contributed by atoms with van der Waals surface area (Å²) in [6.45, 7) is 11.4. The predicted octanol–water partition coefficient (Wildman–Crippen LogP) is 4.41. The zero-order valence-electron chi connectivity index (χ0n) is 23.2. The fraction of sp³-hybridized carbons (Fsp3) is 0.375. The summed E-state index contributed by atoms with van der Waals surface area (Å²) in [6.07, 6.45) is 3.59. The molecule has 0 atom stereocenters. The smallest absolute Gasteiger partial charge is 0.270 e. The predicted molar refractivity (Wildman–Crippen MR) is 155 cm³/mol. The number of carbonyl (C=O) groups excluding carboxylic acids is 1. The average molecular weight is 544 g/mol. The molecule has 1 aromatic heterocycles. The van der Waals surface area contributed by atoms with E-state index < -0.39 is 0 Å². The van der Waals surface area contributed by atoms with Crippen LogP contribution in [0.4, 0.5) is 4.39 Å². The van der Waals surface area contributed by atoms with E-state index in [0.29, 0.717) is 5.69 Å². The first-order valence-corrected chi connectivity index (χ1v) is 14.0. The molecule has 2 aliphatic heterocycles. The van der Waals surface area contributed by atoms with Crippen molar-refractivity contribution in [1.29, 1.82) is 0 Å². The lowest BCUT2D eigenvalue weighted by molar-refractivity contribution is 0.0904. The molecule has 8 heteroatoms. The number of nitrogens with one attached hydrogen (secondary N) is 1. The molecule has 2 aromatic carbocycles. The number of hydrogen-bond donors (Lipinski definition) is 1. The maximum Gasteiger partial charge on any atom is 0.270 e. The minimum absolute atomic E-state index is 0.125. The highest BCUT2D eigenvalue weighted by Crippen LogP contribution is 2.21. The van der Waals surface area contributed by atoms with E-state index >= 15 is 0 Å². The number of aromatic nitrogens is 1. The molecule has 0 radical (unpaired) electrons. The van der Waals surface area contributed by atoms with Gasteiger partial charge in [0, 0.05) is 75.9 Å². The van der Waals surface area contributed by atoms with E-state index in [0.717, 1.165) is 87.8 Å². The number of halogens is 1. The van der Waals surface area contributed by atoms with Crippen LogP contribution < -0.4 is 10.1 Å². The normalized spacial score (nSPS) is 17.0. The molecule has 3 heterocycles. The standard InChI is InChI=1S/C32H38FN5O2/c1-24(38-19-17-37(18-20-38)23-25-3-8-28(33)9-4-25)27-7-12-31(34-21-27)32(39)35-29-13-15-36(16-14-29)22-26-5-10-30(40-2)11-6-26/h3-12,21,29H,1,13-20,22-23H2,2H3,(H,35,39). The number of methoxy groups -OCH3 is 1. The molecule has 0 aliphatic carbocycles. The van der Waals surface area contributed by atoms with E-state index in [2.05, 4.69) is 43.7 Å². The Morgan fingerprint density at radius 1 is 0.900 bits per heavy atom. The molecule has 2 saturated heterocycles. The van der Waals surface area contributed by atoms with Gasteiger partial charge in [0.1, 0.15) is 17.3 Å². The molecule has 0 saturated carbocycles. The summed E-state index contributed by atoms with van der Waals surface area (Å²) in [4.78, 5) is 24.4. The maximum absolute atomic E-state index is 13.2. The molecule has 0 bridgehead atoms. The summed E-state index contributed by atoms with van der Waals surface area (Å²) in [6, 6.07) is 18.8. The van der Waals surface area contributed by atoms with Gasteiger partial charge in [-0.2, -0.15) is 0 Å². The largest absolute Gasteiger partial charge is 0.497 e. The number of piperazine rings is 1. The number of ether oxygens (including phenoxy) is 1. The van der Waals surface area contributed by atoms with Crippen molar-refractivity contribution in [3.63, 3.8) is 0 Å². The number of nitrogens with zero attached hydrogens (tertiary/aromatic N) is 4. The number of pyridine rings is 1. The highest BCUT2D eigenvalue weighted by Gasteiger charge is 2.23. The lowest BCUT2D eigenvalue weighted by atomic mass is 10.0. The molecule has 0 unspecified atom stereocenters. The topological polar surface area (TPSA) is 60.9 Å². The number of carbonyl (C=O) groups is 1. The number of piperidine rings is 1. The van der Waals surface area contributed by atoms with E-state index in [1.165, 1.54) is 17.7 Å². The van der Waals surface area contributed by atoms with Gasteiger partial charge in [-0.25, -0.2) is 4.39 Å². The Balaban J connectivity index is 1.05. The van der Waals surface area contributed by atoms with Crippen molar-refractivity contribution in [1.82, 2.24) is 25.0 Å². The SMILES string of the molecule is C=C(c1ccc(C(=O)NC2CCN(Cc3ccc(OC)cc3)CC2)nc1)N1CCN(Cc2ccc(F)cc2)CC1. The van der Waals surface area contributed by atoms with Crippen molar-refractivity contribution in [3.05, 3.63) is 102 Å². The van der Waals surface area contributed by atoms with Crippen molar-refractivity contribution in [2.24, 2.45) is 0 Å². The first-order chi connectivity index (χ1) is 19.5. The van der Waals surface area contributed by atoms with Gasteiger partial charge in [-0.15, -0.1) is 0 Å². The molecule has 0 spiro atoms. The summed E-state index contributed by atoms with van der Waals surface area (Å²) in [7, 11) is 1.68. The van der Waals surface area contributed by atoms with Gasteiger partial charge < -0.3 is 15.0 Å². The van der Waals surface area contributed by atoms with E-state index in [1.54, 1.807) is 19.4 Å². The molecule has 210 valence electrons. The van der Waals surface area contributed by atoms with Crippen molar-refractivity contribution in [3.8, 4) is 5.75 Å². The van der Waals surface area contributed by atoms with Crippen LogP contribution in [0.25, 0.3) is 5.70 Å². The minimum atomic E-state index is -0.205. The van der Waals surface area contributed by atoms with Crippen molar-refractivity contribution in [2.75, 3.05) is 46.4 Å². The molecular weight excluding hydrogens is 505 g/mol. The first-order valence-electron chi connectivity index (χ1n) is 14.0. The highest BCUT2D eigenvalue weighted by molar-refractivity contribution is 5.92. The average Bonchev–Trinajstić information content (AvgIpc) is 3.00. The van der Waals surface area contributed by atoms with Crippen LogP contribution in [0.15, 0.2) is 73.4 Å². The van der Waals surface area contributed by atoms with E-state index in [4.69, 9.17) is 4.74 Å². The molecule has 5 rings (SSSR count). The van der Waals surface area contributed by atoms with Crippen LogP contribution in [-0.4, -0.2) is 78.0 Å². The van der Waals surface area contributed by atoms with Crippen molar-refractivity contribution < 1.29 is 13.9 Å². The number of benzene rings is 2. The van der Waals surface area contributed by atoms with Gasteiger partial charge in [0.2, 0.25) is 0 Å². The Labute approximate surface area is 236 Å². The van der Waals surface area contributed by atoms with Gasteiger partial charge in [0.25, 0.3) is 5.91 Å². The van der Waals surface area contributed by atoms with Crippen LogP contribution >= 0.6 is 0 Å². The fourth-order valence-corrected chi connectivity index (χ4v) is 5.39. The van der Waals surface area contributed by atoms with E-state index in [-0.39, 0.29) is 17.8 Å². The number of amides is 1. The van der Waals surface area contributed by atoms with Crippen LogP contribution in [0.3, 0.4) is 0 Å². The fourth-order valence-electron chi connectivity index (χ4n) is 5.39. The Bertz CT molecular complexity index is 1260. The summed E-state index contributed by atoms with van der Waals surface area (Å²) in [5, 5.41) is 3.17. The summed E-state index contributed by atoms with van der Waals surface area (Å²) in [5.41, 5.74) is 4.66. The van der Waals surface area contributed by atoms with Crippen molar-refractivity contribution >= 4 is 11.6 Å². The molecule has 7 nitrogen and oxygen atoms in total. The van der Waals surface area contributed by atoms with Gasteiger partial charge in [-0.05, 0) is 60.4 Å². The minimum Gasteiger partial charge on any atom is -0.497 e. The molecular formula is C32H38FN5O2. The van der Waals surface area contributed by atoms with Crippen LogP contribution in [0.5, 0.6) is 5.75 Å². The molecule has 2 fully saturated rings. The Hall–Kier alpha value is -3.75. The summed E-state index contributed by atoms with van der Waals surface area (Å²) in [5.74, 6) is 0.540. The molecule has 1 amide bonds. The van der Waals surface area contributed by atoms with Gasteiger partial charge in [0.15, 0.2) is 0 Å². The second kappa shape index (κ2) is 13.1. The van der Waals surface area contributed by atoms with Crippen LogP contribution in [0.2, 0.25) is 0 Å².